The van der Waals surface area contributed by atoms with Crippen molar-refractivity contribution >= 4 is 41.3 Å². The molecule has 1 aromatic carbocycles. The minimum atomic E-state index is -1.14. The number of thioether (sulfide) groups is 2. The third kappa shape index (κ3) is 4.89. The molecule has 2 amide bonds. The summed E-state index contributed by atoms with van der Waals surface area (Å²) in [5.41, 5.74) is 0.588. The lowest BCUT2D eigenvalue weighted by Gasteiger charge is -2.49. The number of carbonyl (C=O) groups is 3. The minimum absolute atomic E-state index is 0.00257. The zero-order valence-electron chi connectivity index (χ0n) is 17.1. The molecule has 2 aliphatic heterocycles. The average molecular weight is 469 g/mol. The molecule has 2 atom stereocenters. The average Bonchev–Trinajstić information content (AvgIpc) is 2.82. The van der Waals surface area contributed by atoms with Crippen molar-refractivity contribution in [2.75, 3.05) is 11.5 Å². The first-order valence-electron chi connectivity index (χ1n) is 10.0. The van der Waals surface area contributed by atoms with Crippen LogP contribution in [0.5, 0.6) is 0 Å². The fraction of sp³-hybridized carbons (Fsp3) is 0.217. The quantitative estimate of drug-likeness (QED) is 0.350. The van der Waals surface area contributed by atoms with Crippen LogP contribution in [-0.2, 0) is 20.9 Å². The van der Waals surface area contributed by atoms with E-state index in [4.69, 9.17) is 0 Å². The first-order chi connectivity index (χ1) is 15.5. The Balaban J connectivity index is 1.39. The highest BCUT2D eigenvalue weighted by atomic mass is 32.2. The molecule has 0 unspecified atom stereocenters. The summed E-state index contributed by atoms with van der Waals surface area (Å²) >= 11 is 2.85. The predicted molar refractivity (Wildman–Crippen MR) is 123 cm³/mol. The highest BCUT2D eigenvalue weighted by Crippen LogP contribution is 2.40. The molecule has 0 aliphatic carbocycles. The number of nitrogens with one attached hydrogen (secondary N) is 1. The van der Waals surface area contributed by atoms with Crippen LogP contribution in [-0.4, -0.2) is 50.7 Å². The van der Waals surface area contributed by atoms with Crippen molar-refractivity contribution in [2.24, 2.45) is 0 Å². The van der Waals surface area contributed by atoms with E-state index in [9.17, 15) is 19.5 Å². The van der Waals surface area contributed by atoms with E-state index in [1.54, 1.807) is 6.08 Å². The zero-order chi connectivity index (χ0) is 22.5. The SMILES string of the molecule is O=C(CSc1ccccc1)N[C@@H]1C(=O)N2C(C(=O)O)=C(/C=C/C[n+]3ccccc3)CS[C@H]12. The molecular formula is C23H22N3O4S2+. The Kier molecular flexibility index (Phi) is 6.96. The second-order valence-corrected chi connectivity index (χ2v) is 9.36. The van der Waals surface area contributed by atoms with Crippen LogP contribution in [0.3, 0.4) is 0 Å². The Morgan fingerprint density at radius 3 is 2.62 bits per heavy atom. The van der Waals surface area contributed by atoms with Gasteiger partial charge in [-0.1, -0.05) is 30.3 Å². The molecule has 2 aromatic rings. The molecule has 9 heteroatoms. The maximum absolute atomic E-state index is 12.7. The van der Waals surface area contributed by atoms with Crippen molar-refractivity contribution in [3.63, 3.8) is 0 Å². The van der Waals surface area contributed by atoms with Gasteiger partial charge in [-0.25, -0.2) is 9.36 Å². The van der Waals surface area contributed by atoms with E-state index in [1.165, 1.54) is 28.4 Å². The number of hydrogen-bond donors (Lipinski definition) is 2. The third-order valence-electron chi connectivity index (χ3n) is 5.04. The van der Waals surface area contributed by atoms with Crippen molar-refractivity contribution in [3.8, 4) is 0 Å². The largest absolute Gasteiger partial charge is 0.477 e. The number of aliphatic carboxylic acids is 1. The Bertz CT molecular complexity index is 1070. The maximum atomic E-state index is 12.7. The van der Waals surface area contributed by atoms with Gasteiger partial charge < -0.3 is 10.4 Å². The van der Waals surface area contributed by atoms with Crippen LogP contribution >= 0.6 is 23.5 Å². The van der Waals surface area contributed by atoms with E-state index in [2.05, 4.69) is 5.32 Å². The molecule has 2 aliphatic rings. The smallest absolute Gasteiger partial charge is 0.352 e. The van der Waals surface area contributed by atoms with Crippen LogP contribution in [0.1, 0.15) is 0 Å². The van der Waals surface area contributed by atoms with E-state index in [-0.39, 0.29) is 23.3 Å². The van der Waals surface area contributed by atoms with Gasteiger partial charge in [-0.2, -0.15) is 0 Å². The molecule has 0 saturated carbocycles. The van der Waals surface area contributed by atoms with Gasteiger partial charge in [0.05, 0.1) is 5.75 Å². The summed E-state index contributed by atoms with van der Waals surface area (Å²) in [4.78, 5) is 39.3. The Labute approximate surface area is 194 Å². The van der Waals surface area contributed by atoms with Gasteiger partial charge in [0.25, 0.3) is 5.91 Å². The van der Waals surface area contributed by atoms with Crippen LogP contribution in [0.2, 0.25) is 0 Å². The Morgan fingerprint density at radius 1 is 1.19 bits per heavy atom. The highest BCUT2D eigenvalue weighted by molar-refractivity contribution is 8.00. The van der Waals surface area contributed by atoms with Crippen molar-refractivity contribution in [1.29, 1.82) is 0 Å². The number of fused-ring (bicyclic) bond motifs is 1. The van der Waals surface area contributed by atoms with Crippen LogP contribution in [0, 0.1) is 0 Å². The number of pyridine rings is 1. The lowest BCUT2D eigenvalue weighted by molar-refractivity contribution is -0.687. The van der Waals surface area contributed by atoms with Gasteiger partial charge >= 0.3 is 5.97 Å². The van der Waals surface area contributed by atoms with Gasteiger partial charge in [-0.3, -0.25) is 14.5 Å². The standard InChI is InChI=1S/C23H21N3O4S2/c27-18(15-31-17-9-3-1-4-10-17)24-19-21(28)26-20(23(29)30)16(14-32-22(19)26)8-7-13-25-11-5-2-6-12-25/h1-12,19,22H,13-15H2,(H-,24,27,29,30)/p+1/b8-7+/t19-,22-/m1/s1. The summed E-state index contributed by atoms with van der Waals surface area (Å²) < 4.78 is 1.96. The van der Waals surface area contributed by atoms with E-state index in [1.807, 2.05) is 71.6 Å². The van der Waals surface area contributed by atoms with E-state index < -0.39 is 17.4 Å². The molecule has 7 nitrogen and oxygen atoms in total. The number of allylic oxidation sites excluding steroid dienone is 2. The highest BCUT2D eigenvalue weighted by Gasteiger charge is 2.53. The molecule has 1 fully saturated rings. The lowest BCUT2D eigenvalue weighted by Crippen LogP contribution is -2.70. The topological polar surface area (TPSA) is 90.6 Å². The second kappa shape index (κ2) is 10.1. The summed E-state index contributed by atoms with van der Waals surface area (Å²) in [6.45, 7) is 0.594. The molecule has 0 bridgehead atoms. The van der Waals surface area contributed by atoms with Crippen molar-refractivity contribution < 1.29 is 24.1 Å². The number of rotatable bonds is 8. The second-order valence-electron chi connectivity index (χ2n) is 7.21. The molecule has 1 saturated heterocycles. The van der Waals surface area contributed by atoms with Gasteiger partial charge in [0, 0.05) is 22.8 Å². The summed E-state index contributed by atoms with van der Waals surface area (Å²) in [6.07, 6.45) is 7.49. The molecule has 2 N–H and O–H groups in total. The van der Waals surface area contributed by atoms with E-state index in [0.29, 0.717) is 17.9 Å². The number of carboxylic acid groups (broad SMARTS) is 1. The van der Waals surface area contributed by atoms with Gasteiger partial charge in [-0.15, -0.1) is 23.5 Å². The van der Waals surface area contributed by atoms with Crippen molar-refractivity contribution in [3.05, 3.63) is 84.3 Å². The first kappa shape index (κ1) is 22.2. The summed E-state index contributed by atoms with van der Waals surface area (Å²) in [7, 11) is 0. The molecule has 1 aromatic heterocycles. The molecule has 0 radical (unpaired) electrons. The van der Waals surface area contributed by atoms with Gasteiger partial charge in [-0.05, 0) is 23.8 Å². The van der Waals surface area contributed by atoms with Gasteiger partial charge in [0.15, 0.2) is 18.9 Å². The maximum Gasteiger partial charge on any atom is 0.352 e. The normalized spacial score (nSPS) is 20.1. The van der Waals surface area contributed by atoms with Gasteiger partial charge in [0.2, 0.25) is 5.91 Å². The summed E-state index contributed by atoms with van der Waals surface area (Å²) in [5.74, 6) is -1.13. The van der Waals surface area contributed by atoms with Crippen LogP contribution in [0.25, 0.3) is 0 Å². The van der Waals surface area contributed by atoms with Crippen LogP contribution in [0.4, 0.5) is 0 Å². The predicted octanol–water partition coefficient (Wildman–Crippen LogP) is 2.06. The molecular weight excluding hydrogens is 446 g/mol. The number of β-lactam (4-membered cyclic amide) rings is 1. The molecule has 32 heavy (non-hydrogen) atoms. The van der Waals surface area contributed by atoms with Crippen LogP contribution in [0.15, 0.2) is 89.2 Å². The number of benzene rings is 1. The molecule has 164 valence electrons. The molecule has 4 rings (SSSR count). The lowest BCUT2D eigenvalue weighted by atomic mass is 10.0. The first-order valence-corrected chi connectivity index (χ1v) is 12.1. The minimum Gasteiger partial charge on any atom is -0.477 e. The monoisotopic (exact) mass is 468 g/mol. The fourth-order valence-corrected chi connectivity index (χ4v) is 5.57. The number of carbonyl (C=O) groups excluding carboxylic acids is 2. The fourth-order valence-electron chi connectivity index (χ4n) is 3.52. The number of amides is 2. The summed E-state index contributed by atoms with van der Waals surface area (Å²) in [5, 5.41) is 12.1. The Hall–Kier alpha value is -3.04. The zero-order valence-corrected chi connectivity index (χ0v) is 18.7. The Morgan fingerprint density at radius 2 is 1.91 bits per heavy atom. The van der Waals surface area contributed by atoms with Crippen molar-refractivity contribution in [2.45, 2.75) is 22.9 Å². The summed E-state index contributed by atoms with van der Waals surface area (Å²) in [6, 6.07) is 14.6. The molecule has 0 spiro atoms. The van der Waals surface area contributed by atoms with Crippen LogP contribution < -0.4 is 9.88 Å². The number of aromatic nitrogens is 1. The van der Waals surface area contributed by atoms with E-state index >= 15 is 0 Å². The number of hydrogen-bond acceptors (Lipinski definition) is 5. The van der Waals surface area contributed by atoms with E-state index in [0.717, 1.165) is 4.90 Å². The molecule has 3 heterocycles. The van der Waals surface area contributed by atoms with Crippen molar-refractivity contribution in [1.82, 2.24) is 10.2 Å². The number of nitrogens with zero attached hydrogens (tertiary/aromatic N) is 2. The van der Waals surface area contributed by atoms with Gasteiger partial charge in [0.1, 0.15) is 17.1 Å². The third-order valence-corrected chi connectivity index (χ3v) is 7.36. The number of carboxylic acids is 1.